The fourth-order valence-corrected chi connectivity index (χ4v) is 2.71. The quantitative estimate of drug-likeness (QED) is 0.918. The number of rotatable bonds is 2. The Hall–Kier alpha value is -2.75. The van der Waals surface area contributed by atoms with Crippen LogP contribution >= 0.6 is 0 Å². The molecule has 4 heteroatoms. The van der Waals surface area contributed by atoms with Crippen molar-refractivity contribution in [2.24, 2.45) is 0 Å². The molecule has 1 aliphatic rings. The van der Waals surface area contributed by atoms with Crippen LogP contribution in [-0.4, -0.2) is 25.1 Å². The molecule has 0 saturated carbocycles. The smallest absolute Gasteiger partial charge is 0.203 e. The van der Waals surface area contributed by atoms with Crippen LogP contribution in [0.1, 0.15) is 15.9 Å². The van der Waals surface area contributed by atoms with E-state index in [4.69, 9.17) is 9.47 Å². The maximum absolute atomic E-state index is 12.0. The van der Waals surface area contributed by atoms with E-state index in [2.05, 4.69) is 6.58 Å². The van der Waals surface area contributed by atoms with E-state index in [1.54, 1.807) is 24.3 Å². The predicted molar refractivity (Wildman–Crippen MR) is 81.2 cm³/mol. The van der Waals surface area contributed by atoms with Crippen LogP contribution in [0.2, 0.25) is 0 Å². The van der Waals surface area contributed by atoms with Crippen LogP contribution in [0.25, 0.3) is 16.3 Å². The van der Waals surface area contributed by atoms with E-state index in [1.807, 2.05) is 0 Å². The first-order chi connectivity index (χ1) is 10.1. The third kappa shape index (κ3) is 1.80. The minimum atomic E-state index is -0.0756. The van der Waals surface area contributed by atoms with Crippen molar-refractivity contribution >= 4 is 22.1 Å². The summed E-state index contributed by atoms with van der Waals surface area (Å²) in [5.41, 5.74) is 2.01. The number of fused-ring (bicyclic) bond motifs is 3. The molecular formula is C17H14O4. The van der Waals surface area contributed by atoms with Gasteiger partial charge in [0.25, 0.3) is 0 Å². The monoisotopic (exact) mass is 282 g/mol. The molecule has 0 saturated heterocycles. The summed E-state index contributed by atoms with van der Waals surface area (Å²) in [6.07, 6.45) is 3.18. The van der Waals surface area contributed by atoms with Gasteiger partial charge in [-0.2, -0.15) is 0 Å². The lowest BCUT2D eigenvalue weighted by Crippen LogP contribution is -2.06. The average molecular weight is 282 g/mol. The number of benzene rings is 2. The number of carbonyl (C=O) groups is 1. The van der Waals surface area contributed by atoms with Gasteiger partial charge in [-0.1, -0.05) is 18.7 Å². The summed E-state index contributed by atoms with van der Waals surface area (Å²) in [7, 11) is 2.96. The van der Waals surface area contributed by atoms with E-state index >= 15 is 0 Å². The Morgan fingerprint density at radius 1 is 1.10 bits per heavy atom. The van der Waals surface area contributed by atoms with Crippen molar-refractivity contribution in [1.82, 2.24) is 0 Å². The lowest BCUT2D eigenvalue weighted by Gasteiger charge is -2.19. The van der Waals surface area contributed by atoms with Crippen molar-refractivity contribution < 1.29 is 19.4 Å². The second-order valence-electron chi connectivity index (χ2n) is 4.77. The molecule has 0 bridgehead atoms. The Balaban J connectivity index is 2.52. The number of hydrogen-bond acceptors (Lipinski definition) is 4. The SMILES string of the molecule is C=C1C=CC(=O)c2ccc3cc(O)c(OC)c(OC)c3c21. The molecule has 0 radical (unpaired) electrons. The first kappa shape index (κ1) is 13.2. The molecule has 3 rings (SSSR count). The molecule has 0 spiro atoms. The van der Waals surface area contributed by atoms with Gasteiger partial charge in [-0.15, -0.1) is 0 Å². The summed E-state index contributed by atoms with van der Waals surface area (Å²) in [5.74, 6) is 0.556. The average Bonchev–Trinajstić information content (AvgIpc) is 2.48. The second-order valence-corrected chi connectivity index (χ2v) is 4.77. The van der Waals surface area contributed by atoms with Crippen molar-refractivity contribution in [2.75, 3.05) is 14.2 Å². The maximum atomic E-state index is 12.0. The second kappa shape index (κ2) is 4.66. The van der Waals surface area contributed by atoms with Gasteiger partial charge in [-0.3, -0.25) is 4.79 Å². The van der Waals surface area contributed by atoms with Crippen molar-refractivity contribution in [1.29, 1.82) is 0 Å². The van der Waals surface area contributed by atoms with Gasteiger partial charge in [-0.05, 0) is 29.2 Å². The van der Waals surface area contributed by atoms with Crippen molar-refractivity contribution in [3.63, 3.8) is 0 Å². The first-order valence-corrected chi connectivity index (χ1v) is 6.40. The summed E-state index contributed by atoms with van der Waals surface area (Å²) in [5, 5.41) is 11.5. The number of phenolic OH excluding ortho intramolecular Hbond substituents is 1. The van der Waals surface area contributed by atoms with Crippen molar-refractivity contribution in [2.45, 2.75) is 0 Å². The summed E-state index contributed by atoms with van der Waals surface area (Å²) in [6.45, 7) is 4.00. The van der Waals surface area contributed by atoms with Gasteiger partial charge >= 0.3 is 0 Å². The Morgan fingerprint density at radius 3 is 2.48 bits per heavy atom. The van der Waals surface area contributed by atoms with E-state index in [1.165, 1.54) is 20.3 Å². The first-order valence-electron chi connectivity index (χ1n) is 6.40. The van der Waals surface area contributed by atoms with Crippen LogP contribution in [0.15, 0.2) is 36.9 Å². The number of carbonyl (C=O) groups excluding carboxylic acids is 1. The number of hydrogen-bond donors (Lipinski definition) is 1. The van der Waals surface area contributed by atoms with Crippen LogP contribution in [0.4, 0.5) is 0 Å². The zero-order valence-electron chi connectivity index (χ0n) is 11.8. The van der Waals surface area contributed by atoms with E-state index in [-0.39, 0.29) is 17.3 Å². The molecule has 21 heavy (non-hydrogen) atoms. The van der Waals surface area contributed by atoms with Gasteiger partial charge in [0.2, 0.25) is 5.75 Å². The molecular weight excluding hydrogens is 268 g/mol. The van der Waals surface area contributed by atoms with Crippen LogP contribution < -0.4 is 9.47 Å². The van der Waals surface area contributed by atoms with E-state index in [0.29, 0.717) is 16.7 Å². The Morgan fingerprint density at radius 2 is 1.81 bits per heavy atom. The number of phenols is 1. The molecule has 1 aliphatic carbocycles. The van der Waals surface area contributed by atoms with Gasteiger partial charge in [0.15, 0.2) is 17.3 Å². The topological polar surface area (TPSA) is 55.8 Å². The molecule has 0 atom stereocenters. The minimum absolute atomic E-state index is 0.00918. The molecule has 0 amide bonds. The van der Waals surface area contributed by atoms with Crippen LogP contribution in [0.5, 0.6) is 17.2 Å². The molecule has 2 aromatic carbocycles. The van der Waals surface area contributed by atoms with Gasteiger partial charge in [0.1, 0.15) is 0 Å². The molecule has 0 aliphatic heterocycles. The molecule has 1 N–H and O–H groups in total. The molecule has 0 aromatic heterocycles. The van der Waals surface area contributed by atoms with Crippen molar-refractivity contribution in [3.05, 3.63) is 48.1 Å². The highest BCUT2D eigenvalue weighted by Crippen LogP contribution is 2.46. The molecule has 0 heterocycles. The fourth-order valence-electron chi connectivity index (χ4n) is 2.71. The molecule has 2 aromatic rings. The largest absolute Gasteiger partial charge is 0.504 e. The highest BCUT2D eigenvalue weighted by molar-refractivity contribution is 6.18. The van der Waals surface area contributed by atoms with Crippen LogP contribution in [-0.2, 0) is 0 Å². The number of aromatic hydroxyl groups is 1. The normalized spacial score (nSPS) is 13.4. The van der Waals surface area contributed by atoms with Gasteiger partial charge in [0.05, 0.1) is 14.2 Å². The highest BCUT2D eigenvalue weighted by Gasteiger charge is 2.23. The molecule has 0 fully saturated rings. The van der Waals surface area contributed by atoms with Gasteiger partial charge < -0.3 is 14.6 Å². The van der Waals surface area contributed by atoms with E-state index < -0.39 is 0 Å². The number of methoxy groups -OCH3 is 2. The predicted octanol–water partition coefficient (Wildman–Crippen LogP) is 3.33. The highest BCUT2D eigenvalue weighted by atomic mass is 16.5. The fraction of sp³-hybridized carbons (Fsp3) is 0.118. The third-order valence-electron chi connectivity index (χ3n) is 3.63. The standard InChI is InChI=1S/C17H14O4/c1-9-4-7-12(18)11-6-5-10-8-13(19)16(20-2)17(21-3)15(10)14(9)11/h4-8,19H,1H2,2-3H3. The summed E-state index contributed by atoms with van der Waals surface area (Å²) < 4.78 is 10.6. The number of allylic oxidation sites excluding steroid dienone is 3. The molecule has 4 nitrogen and oxygen atoms in total. The van der Waals surface area contributed by atoms with Crippen LogP contribution in [0.3, 0.4) is 0 Å². The van der Waals surface area contributed by atoms with E-state index in [0.717, 1.165) is 16.5 Å². The van der Waals surface area contributed by atoms with Gasteiger partial charge in [0, 0.05) is 16.5 Å². The maximum Gasteiger partial charge on any atom is 0.203 e. The Labute approximate surface area is 121 Å². The zero-order chi connectivity index (χ0) is 15.1. The lowest BCUT2D eigenvalue weighted by atomic mass is 9.87. The molecule has 0 unspecified atom stereocenters. The summed E-state index contributed by atoms with van der Waals surface area (Å²) in [4.78, 5) is 12.0. The number of ether oxygens (including phenoxy) is 2. The van der Waals surface area contributed by atoms with Crippen molar-refractivity contribution in [3.8, 4) is 17.2 Å². The Bertz CT molecular complexity index is 815. The van der Waals surface area contributed by atoms with E-state index in [9.17, 15) is 9.90 Å². The molecule has 106 valence electrons. The number of ketones is 1. The lowest BCUT2D eigenvalue weighted by molar-refractivity contribution is 0.104. The minimum Gasteiger partial charge on any atom is -0.504 e. The summed E-state index contributed by atoms with van der Waals surface area (Å²) in [6, 6.07) is 5.10. The third-order valence-corrected chi connectivity index (χ3v) is 3.63. The zero-order valence-corrected chi connectivity index (χ0v) is 11.8. The van der Waals surface area contributed by atoms with Crippen LogP contribution in [0, 0.1) is 0 Å². The summed E-state index contributed by atoms with van der Waals surface area (Å²) >= 11 is 0. The Kier molecular flexibility index (Phi) is 2.94. The van der Waals surface area contributed by atoms with Gasteiger partial charge in [-0.25, -0.2) is 0 Å².